The van der Waals surface area contributed by atoms with Gasteiger partial charge in [0.15, 0.2) is 23.3 Å². The third kappa shape index (κ3) is 2.04. The van der Waals surface area contributed by atoms with Crippen LogP contribution in [0.3, 0.4) is 0 Å². The van der Waals surface area contributed by atoms with Gasteiger partial charge in [-0.05, 0) is 31.9 Å². The number of nitrogens with zero attached hydrogens (tertiary/aromatic N) is 1. The van der Waals surface area contributed by atoms with E-state index in [0.29, 0.717) is 12.0 Å². The van der Waals surface area contributed by atoms with Gasteiger partial charge in [0.2, 0.25) is 0 Å². The highest BCUT2D eigenvalue weighted by atomic mass is 19.2. The summed E-state index contributed by atoms with van der Waals surface area (Å²) in [5.41, 5.74) is -0.154. The van der Waals surface area contributed by atoms with E-state index in [4.69, 9.17) is 0 Å². The number of likely N-dealkylation sites (N-methyl/N-ethyl adjacent to an activating group) is 1. The predicted octanol–water partition coefficient (Wildman–Crippen LogP) is 3.88. The summed E-state index contributed by atoms with van der Waals surface area (Å²) < 4.78 is 54.4. The maximum atomic E-state index is 13.9. The molecule has 20 heavy (non-hydrogen) atoms. The van der Waals surface area contributed by atoms with Crippen molar-refractivity contribution in [3.8, 4) is 0 Å². The number of halogens is 4. The Labute approximate surface area is 114 Å². The van der Waals surface area contributed by atoms with Crippen LogP contribution in [0.25, 0.3) is 5.57 Å². The summed E-state index contributed by atoms with van der Waals surface area (Å²) in [7, 11) is 1.97. The Morgan fingerprint density at radius 1 is 1.05 bits per heavy atom. The number of rotatable bonds is 1. The van der Waals surface area contributed by atoms with Gasteiger partial charge < -0.3 is 0 Å². The highest BCUT2D eigenvalue weighted by Gasteiger charge is 2.34. The van der Waals surface area contributed by atoms with Crippen LogP contribution in [0.1, 0.15) is 31.2 Å². The molecular formula is C15H15F4N. The summed E-state index contributed by atoms with van der Waals surface area (Å²) in [6, 6.07) is 0.520. The second-order valence-corrected chi connectivity index (χ2v) is 5.56. The molecule has 2 heterocycles. The van der Waals surface area contributed by atoms with Crippen molar-refractivity contribution < 1.29 is 17.6 Å². The molecule has 1 fully saturated rings. The van der Waals surface area contributed by atoms with Crippen LogP contribution in [-0.2, 0) is 0 Å². The number of hydrogen-bond acceptors (Lipinski definition) is 1. The molecule has 0 spiro atoms. The Morgan fingerprint density at radius 2 is 1.70 bits per heavy atom. The highest BCUT2D eigenvalue weighted by molar-refractivity contribution is 5.69. The fraction of sp³-hybridized carbons (Fsp3) is 0.467. The Bertz CT molecular complexity index is 555. The molecule has 5 heteroatoms. The molecule has 0 N–H and O–H groups in total. The zero-order valence-corrected chi connectivity index (χ0v) is 11.1. The van der Waals surface area contributed by atoms with Gasteiger partial charge in [0, 0.05) is 18.2 Å². The molecule has 0 amide bonds. The van der Waals surface area contributed by atoms with Crippen molar-refractivity contribution in [2.45, 2.75) is 37.8 Å². The average molecular weight is 285 g/mol. The molecule has 2 atom stereocenters. The van der Waals surface area contributed by atoms with Gasteiger partial charge in [0.05, 0.1) is 5.56 Å². The summed E-state index contributed by atoms with van der Waals surface area (Å²) in [4.78, 5) is 2.17. The van der Waals surface area contributed by atoms with Gasteiger partial charge >= 0.3 is 0 Å². The van der Waals surface area contributed by atoms with Crippen LogP contribution in [0.2, 0.25) is 0 Å². The molecule has 108 valence electrons. The lowest BCUT2D eigenvalue weighted by atomic mass is 9.83. The topological polar surface area (TPSA) is 3.24 Å². The first-order valence-electron chi connectivity index (χ1n) is 6.75. The molecule has 2 unspecified atom stereocenters. The largest absolute Gasteiger partial charge is 0.297 e. The number of hydrogen-bond donors (Lipinski definition) is 0. The van der Waals surface area contributed by atoms with E-state index < -0.39 is 28.8 Å². The van der Waals surface area contributed by atoms with Gasteiger partial charge in [-0.1, -0.05) is 12.5 Å². The Kier molecular flexibility index (Phi) is 3.32. The second-order valence-electron chi connectivity index (χ2n) is 5.56. The van der Waals surface area contributed by atoms with Crippen LogP contribution in [-0.4, -0.2) is 24.0 Å². The Balaban J connectivity index is 2.10. The Morgan fingerprint density at radius 3 is 2.30 bits per heavy atom. The number of fused-ring (bicyclic) bond motifs is 2. The van der Waals surface area contributed by atoms with E-state index in [1.54, 1.807) is 6.08 Å². The number of piperidine rings is 1. The molecule has 0 radical (unpaired) electrons. The SMILES string of the molecule is CN1C2C=C(c3c(F)c(F)cc(F)c3F)CC1CCC2. The summed E-state index contributed by atoms with van der Waals surface area (Å²) in [5.74, 6) is -5.27. The third-order valence-electron chi connectivity index (χ3n) is 4.42. The summed E-state index contributed by atoms with van der Waals surface area (Å²) in [5, 5.41) is 0. The minimum atomic E-state index is -1.34. The van der Waals surface area contributed by atoms with Gasteiger partial charge in [-0.15, -0.1) is 0 Å². The third-order valence-corrected chi connectivity index (χ3v) is 4.42. The molecule has 1 saturated heterocycles. The van der Waals surface area contributed by atoms with Crippen LogP contribution in [0.4, 0.5) is 17.6 Å². The van der Waals surface area contributed by atoms with E-state index in [1.165, 1.54) is 0 Å². The Hall–Kier alpha value is -1.36. The molecule has 2 aliphatic heterocycles. The minimum Gasteiger partial charge on any atom is -0.297 e. The van der Waals surface area contributed by atoms with Crippen molar-refractivity contribution in [2.75, 3.05) is 7.05 Å². The summed E-state index contributed by atoms with van der Waals surface area (Å²) in [6.45, 7) is 0. The lowest BCUT2D eigenvalue weighted by molar-refractivity contribution is 0.137. The molecule has 1 nitrogen and oxygen atoms in total. The van der Waals surface area contributed by atoms with Crippen molar-refractivity contribution in [3.05, 3.63) is 41.0 Å². The monoisotopic (exact) mass is 285 g/mol. The van der Waals surface area contributed by atoms with E-state index in [2.05, 4.69) is 4.90 Å². The lowest BCUT2D eigenvalue weighted by Crippen LogP contribution is -2.45. The molecule has 2 bridgehead atoms. The van der Waals surface area contributed by atoms with E-state index in [1.807, 2.05) is 7.05 Å². The first-order chi connectivity index (χ1) is 9.49. The van der Waals surface area contributed by atoms with E-state index in [0.717, 1.165) is 19.3 Å². The lowest BCUT2D eigenvalue weighted by Gasteiger charge is -2.42. The molecule has 0 saturated carbocycles. The fourth-order valence-electron chi connectivity index (χ4n) is 3.28. The first-order valence-corrected chi connectivity index (χ1v) is 6.75. The van der Waals surface area contributed by atoms with Crippen LogP contribution in [0.15, 0.2) is 12.1 Å². The average Bonchev–Trinajstić information content (AvgIpc) is 2.37. The number of benzene rings is 1. The normalized spacial score (nSPS) is 26.6. The molecule has 2 aliphatic rings. The predicted molar refractivity (Wildman–Crippen MR) is 68.1 cm³/mol. The van der Waals surface area contributed by atoms with Gasteiger partial charge in [-0.25, -0.2) is 17.6 Å². The van der Waals surface area contributed by atoms with Crippen molar-refractivity contribution in [1.29, 1.82) is 0 Å². The van der Waals surface area contributed by atoms with E-state index in [9.17, 15) is 17.6 Å². The second kappa shape index (κ2) is 4.88. The maximum Gasteiger partial charge on any atom is 0.169 e. The fourth-order valence-corrected chi connectivity index (χ4v) is 3.28. The van der Waals surface area contributed by atoms with Gasteiger partial charge in [-0.2, -0.15) is 0 Å². The van der Waals surface area contributed by atoms with Crippen LogP contribution in [0, 0.1) is 23.3 Å². The quantitative estimate of drug-likeness (QED) is 0.559. The van der Waals surface area contributed by atoms with Crippen LogP contribution >= 0.6 is 0 Å². The van der Waals surface area contributed by atoms with E-state index in [-0.39, 0.29) is 18.2 Å². The smallest absolute Gasteiger partial charge is 0.169 e. The maximum absolute atomic E-state index is 13.9. The van der Waals surface area contributed by atoms with Crippen LogP contribution < -0.4 is 0 Å². The van der Waals surface area contributed by atoms with Crippen LogP contribution in [0.5, 0.6) is 0 Å². The molecule has 0 aromatic heterocycles. The highest BCUT2D eigenvalue weighted by Crippen LogP contribution is 2.38. The summed E-state index contributed by atoms with van der Waals surface area (Å²) in [6.07, 6.45) is 5.06. The van der Waals surface area contributed by atoms with E-state index >= 15 is 0 Å². The zero-order valence-electron chi connectivity index (χ0n) is 11.1. The van der Waals surface area contributed by atoms with Gasteiger partial charge in [-0.3, -0.25) is 4.90 Å². The summed E-state index contributed by atoms with van der Waals surface area (Å²) >= 11 is 0. The minimum absolute atomic E-state index is 0.0858. The molecular weight excluding hydrogens is 270 g/mol. The van der Waals surface area contributed by atoms with Gasteiger partial charge in [0.25, 0.3) is 0 Å². The molecule has 1 aromatic carbocycles. The van der Waals surface area contributed by atoms with Crippen molar-refractivity contribution in [2.24, 2.45) is 0 Å². The molecule has 0 aliphatic carbocycles. The first kappa shape index (κ1) is 13.6. The molecule has 3 rings (SSSR count). The van der Waals surface area contributed by atoms with Crippen molar-refractivity contribution in [1.82, 2.24) is 4.90 Å². The standard InChI is InChI=1S/C15H15F4N/c1-20-9-3-2-4-10(20)6-8(5-9)13-14(18)11(16)7-12(17)15(13)19/h5,7,9-10H,2-4,6H2,1H3. The van der Waals surface area contributed by atoms with Crippen molar-refractivity contribution in [3.63, 3.8) is 0 Å². The zero-order chi connectivity index (χ0) is 14.4. The van der Waals surface area contributed by atoms with Crippen molar-refractivity contribution >= 4 is 5.57 Å². The molecule has 1 aromatic rings. The van der Waals surface area contributed by atoms with Gasteiger partial charge in [0.1, 0.15) is 0 Å².